The zero-order valence-corrected chi connectivity index (χ0v) is 86.2. The van der Waals surface area contributed by atoms with Crippen molar-refractivity contribution in [3.63, 3.8) is 0 Å². The number of piperazine rings is 2. The summed E-state index contributed by atoms with van der Waals surface area (Å²) in [6.07, 6.45) is 5.92. The first-order valence-electron chi connectivity index (χ1n) is 46.3. The number of thiophene rings is 4. The molecule has 3 N–H and O–H groups in total. The van der Waals surface area contributed by atoms with Crippen LogP contribution in [-0.4, -0.2) is 235 Å². The summed E-state index contributed by atoms with van der Waals surface area (Å²) >= 11 is 25.3. The highest BCUT2D eigenvalue weighted by atomic mass is 35.5. The third kappa shape index (κ3) is 22.4. The first-order valence-corrected chi connectivity index (χ1v) is 50.7. The van der Waals surface area contributed by atoms with Gasteiger partial charge in [-0.3, -0.25) is 67.3 Å². The molecule has 3 amide bonds. The average Bonchev–Trinajstić information content (AvgIpc) is 1.61. The summed E-state index contributed by atoms with van der Waals surface area (Å²) in [6, 6.07) is 31.7. The van der Waals surface area contributed by atoms with E-state index in [-0.39, 0.29) is 54.1 Å². The number of rotatable bonds is 21. The number of nitrogens with one attached hydrogen (secondary N) is 3. The first-order chi connectivity index (χ1) is 66.1. The number of hydrogen-bond donors (Lipinski definition) is 3. The van der Waals surface area contributed by atoms with Crippen LogP contribution in [0.4, 0.5) is 4.39 Å². The third-order valence-electron chi connectivity index (χ3n) is 25.5. The van der Waals surface area contributed by atoms with Crippen LogP contribution < -0.4 is 16.0 Å². The third-order valence-corrected chi connectivity index (χ3v) is 31.0. The number of amides is 3. The van der Waals surface area contributed by atoms with Gasteiger partial charge in [0, 0.05) is 176 Å². The molecule has 0 spiro atoms. The van der Waals surface area contributed by atoms with Crippen molar-refractivity contribution in [3.05, 3.63) is 281 Å². The van der Waals surface area contributed by atoms with Gasteiger partial charge in [-0.1, -0.05) is 77.3 Å². The number of fused-ring (bicyclic) bond motifs is 12. The average molecular weight is 2000 g/mol. The molecule has 6 aliphatic rings. The molecule has 6 aliphatic heterocycles. The zero-order valence-electron chi connectivity index (χ0n) is 80.7. The van der Waals surface area contributed by atoms with Crippen LogP contribution in [-0.2, 0) is 30.3 Å². The predicted molar refractivity (Wildman–Crippen MR) is 547 cm³/mol. The number of carbonyl (C=O) groups is 4. The van der Waals surface area contributed by atoms with Crippen LogP contribution in [0.15, 0.2) is 142 Å². The van der Waals surface area contributed by atoms with E-state index in [1.807, 2.05) is 138 Å². The summed E-state index contributed by atoms with van der Waals surface area (Å²) in [4.78, 5) is 89.8. The van der Waals surface area contributed by atoms with E-state index in [4.69, 9.17) is 59.5 Å². The molecule has 19 rings (SSSR count). The number of likely N-dealkylation sites (N-methyl/N-ethyl adjacent to an activating group) is 2. The van der Waals surface area contributed by atoms with E-state index in [0.29, 0.717) is 66.3 Å². The molecule has 29 nitrogen and oxygen atoms in total. The number of carbonyl (C=O) groups excluding carboxylic acids is 4. The van der Waals surface area contributed by atoms with Crippen LogP contribution in [0.3, 0.4) is 0 Å². The maximum absolute atomic E-state index is 13.6. The number of pyridine rings is 1. The number of ether oxygens (including phenoxy) is 1. The number of halogens is 4. The highest BCUT2D eigenvalue weighted by Crippen LogP contribution is 2.45. The molecule has 4 atom stereocenters. The SMILES string of the molecule is Cc1sc2c(c1C)C(c1ccc(Cl)cc1)=N[C@@H](CNC(=O)CCCN1CCN(C)CC1)c1nnc(C)n1-2.Cc1sc2c(c1C)C(c1ccc(Cl)cc1)=N[C@@H](CNC(=O)CCc1cccnc1)c1nnc(C)n1-2.Cc1sc2c(c1C)C(c1ccc(Cl)cc1)=N[C@@H](CNC(=O)CN1CCN(C)CC1)c1nnc(C)n1-2.Cc1sc2c(c1C)C(c1ccc(F)cc1)=N[C@@H](CC(=O)OC(C)(C)C)c1nnc(C)n1-2. The van der Waals surface area contributed by atoms with E-state index < -0.39 is 11.6 Å². The maximum Gasteiger partial charge on any atom is 0.308 e. The van der Waals surface area contributed by atoms with Crippen LogP contribution >= 0.6 is 80.1 Å². The van der Waals surface area contributed by atoms with Crippen molar-refractivity contribution in [2.24, 2.45) is 20.0 Å². The Kier molecular flexibility index (Phi) is 31.1. The van der Waals surface area contributed by atoms with Crippen LogP contribution in [0.1, 0.15) is 209 Å². The van der Waals surface area contributed by atoms with Crippen molar-refractivity contribution in [1.82, 2.24) is 99.6 Å². The molecular formula is C101H114Cl3FN24O5S4. The van der Waals surface area contributed by atoms with Crippen molar-refractivity contribution >= 4 is 127 Å². The molecule has 4 aromatic carbocycles. The van der Waals surface area contributed by atoms with Crippen molar-refractivity contribution in [2.45, 2.75) is 166 Å². The minimum absolute atomic E-state index is 0.00614. The zero-order chi connectivity index (χ0) is 97.8. The highest BCUT2D eigenvalue weighted by molar-refractivity contribution is 7.16. The fraction of sp³-hybridized carbons (Fsp3) is 0.396. The monoisotopic (exact) mass is 1990 g/mol. The summed E-state index contributed by atoms with van der Waals surface area (Å²) in [6.45, 7) is 40.6. The Hall–Kier alpha value is -11.4. The quantitative estimate of drug-likeness (QED) is 0.0563. The Morgan fingerprint density at radius 2 is 0.746 bits per heavy atom. The molecule has 9 aromatic heterocycles. The Morgan fingerprint density at radius 1 is 0.420 bits per heavy atom. The van der Waals surface area contributed by atoms with Crippen LogP contribution in [0.25, 0.3) is 20.0 Å². The summed E-state index contributed by atoms with van der Waals surface area (Å²) in [5, 5.41) is 50.7. The molecule has 0 aliphatic carbocycles. The van der Waals surface area contributed by atoms with E-state index in [2.05, 4.69) is 165 Å². The van der Waals surface area contributed by atoms with Gasteiger partial charge in [0.15, 0.2) is 23.3 Å². The smallest absolute Gasteiger partial charge is 0.308 e. The number of nitrogens with zero attached hydrogens (tertiary/aromatic N) is 21. The number of hydrogen-bond acceptors (Lipinski definition) is 26. The van der Waals surface area contributed by atoms with Gasteiger partial charge < -0.3 is 35.4 Å². The molecule has 2 saturated heterocycles. The lowest BCUT2D eigenvalue weighted by Gasteiger charge is -2.32. The molecule has 2 fully saturated rings. The second-order valence-corrected chi connectivity index (χ2v) is 42.6. The lowest BCUT2D eigenvalue weighted by Crippen LogP contribution is -2.48. The molecule has 15 heterocycles. The molecule has 0 bridgehead atoms. The molecule has 0 radical (unpaired) electrons. The number of esters is 1. The molecule has 138 heavy (non-hydrogen) atoms. The topological polar surface area (TPSA) is 312 Å². The lowest BCUT2D eigenvalue weighted by atomic mass is 9.99. The van der Waals surface area contributed by atoms with Gasteiger partial charge in [0.25, 0.3) is 0 Å². The normalized spacial score (nSPS) is 16.8. The number of aromatic nitrogens is 13. The molecule has 0 saturated carbocycles. The Morgan fingerprint density at radius 3 is 1.09 bits per heavy atom. The fourth-order valence-corrected chi connectivity index (χ4v) is 22.7. The van der Waals surface area contributed by atoms with Gasteiger partial charge in [0.05, 0.1) is 35.8 Å². The van der Waals surface area contributed by atoms with Crippen molar-refractivity contribution in [2.75, 3.05) is 99.2 Å². The summed E-state index contributed by atoms with van der Waals surface area (Å²) in [5.74, 6) is 5.31. The second kappa shape index (κ2) is 43.1. The predicted octanol–water partition coefficient (Wildman–Crippen LogP) is 17.1. The van der Waals surface area contributed by atoms with Gasteiger partial charge in [-0.2, -0.15) is 0 Å². The lowest BCUT2D eigenvalue weighted by molar-refractivity contribution is -0.155. The maximum atomic E-state index is 13.6. The summed E-state index contributed by atoms with van der Waals surface area (Å²) < 4.78 is 27.4. The van der Waals surface area contributed by atoms with Gasteiger partial charge in [0.1, 0.15) is 78.9 Å². The molecular weight excluding hydrogens is 1880 g/mol. The van der Waals surface area contributed by atoms with Crippen molar-refractivity contribution < 1.29 is 28.3 Å². The Balaban J connectivity index is 0.000000133. The van der Waals surface area contributed by atoms with Crippen LogP contribution in [0, 0.1) is 88.9 Å². The first kappa shape index (κ1) is 99.6. The van der Waals surface area contributed by atoms with Crippen LogP contribution in [0.2, 0.25) is 15.1 Å². The molecule has 13 aromatic rings. The molecule has 0 unspecified atom stereocenters. The van der Waals surface area contributed by atoms with E-state index in [1.165, 1.54) is 43.5 Å². The summed E-state index contributed by atoms with van der Waals surface area (Å²) in [5.41, 5.74) is 16.4. The van der Waals surface area contributed by atoms with Gasteiger partial charge in [-0.15, -0.1) is 86.1 Å². The van der Waals surface area contributed by atoms with Gasteiger partial charge >= 0.3 is 5.97 Å². The number of benzene rings is 4. The van der Waals surface area contributed by atoms with Crippen LogP contribution in [0.5, 0.6) is 0 Å². The van der Waals surface area contributed by atoms with E-state index >= 15 is 0 Å². The van der Waals surface area contributed by atoms with Gasteiger partial charge in [-0.05, 0) is 232 Å². The highest BCUT2D eigenvalue weighted by Gasteiger charge is 2.39. The van der Waals surface area contributed by atoms with E-state index in [1.54, 1.807) is 69.9 Å². The number of aryl methyl sites for hydroxylation is 9. The standard InChI is InChI=1S/C27H34ClN7OS.C26H25ClN6OS.C25H30ClN7OS.C23H25FN4O2S/c1-17-18(2)37-27-24(17)25(20-7-9-21(28)10-8-20)30-22(26-32-31-19(3)35(26)27)16-29-23(36)6-5-11-34-14-12-33(4)13-15-34;1-15-16(2)35-26-23(15)24(19-7-9-20(27)10-8-19)30-21(25-32-31-17(3)33(25)26)14-29-22(34)11-6-18-5-4-12-28-13-18;1-15-16(2)35-25-22(15)23(18-5-7-19(26)8-6-18)28-20(24-30-29-17(3)33(24)25)13-27-21(34)14-32-11-9-31(4)10-12-32;1-12-13(2)31-22-19(12)20(15-7-9-16(24)10-8-15)25-17(11-18(29)30-23(4,5)6)21-27-26-14(3)28(21)22/h7-10,22H,5-6,11-16H2,1-4H3,(H,29,36);4-5,7-10,12-13,21H,6,11,14H2,1-3H3,(H,29,34);5-8,20H,9-14H2,1-4H3,(H,27,34);7-10,17H,11H2,1-6H3/t22-;21-;20-;17-/m0000/s1. The Bertz CT molecular complexity index is 6780. The largest absolute Gasteiger partial charge is 0.460 e. The van der Waals surface area contributed by atoms with E-state index in [9.17, 15) is 23.6 Å². The Labute approximate surface area is 834 Å². The van der Waals surface area contributed by atoms with E-state index in [0.717, 1.165) is 209 Å². The van der Waals surface area contributed by atoms with Crippen molar-refractivity contribution in [1.29, 1.82) is 0 Å². The minimum Gasteiger partial charge on any atom is -0.460 e. The summed E-state index contributed by atoms with van der Waals surface area (Å²) in [7, 11) is 4.27. The molecule has 37 heteroatoms. The molecule has 720 valence electrons. The number of aliphatic imine (C=N–C) groups is 4. The van der Waals surface area contributed by atoms with Gasteiger partial charge in [-0.25, -0.2) is 4.39 Å². The van der Waals surface area contributed by atoms with Crippen molar-refractivity contribution in [3.8, 4) is 20.0 Å². The van der Waals surface area contributed by atoms with Gasteiger partial charge in [0.2, 0.25) is 17.7 Å². The fourth-order valence-electron chi connectivity index (χ4n) is 17.5. The minimum atomic E-state index is -0.596. The second-order valence-electron chi connectivity index (χ2n) is 36.5.